The minimum Gasteiger partial charge on any atom is -0.872 e. The summed E-state index contributed by atoms with van der Waals surface area (Å²) in [5.74, 6) is -0.169. The van der Waals surface area contributed by atoms with Crippen molar-refractivity contribution in [2.24, 2.45) is 7.05 Å². The molecule has 0 N–H and O–H groups in total. The molecule has 1 aromatic carbocycles. The van der Waals surface area contributed by atoms with Gasteiger partial charge in [-0.05, 0) is 6.07 Å². The number of hydrogen-bond acceptors (Lipinski definition) is 3. The van der Waals surface area contributed by atoms with E-state index in [0.717, 1.165) is 0 Å². The van der Waals surface area contributed by atoms with Crippen molar-refractivity contribution < 1.29 is 5.11 Å². The van der Waals surface area contributed by atoms with Gasteiger partial charge in [0.15, 0.2) is 0 Å². The third kappa shape index (κ3) is 1.16. The fourth-order valence-electron chi connectivity index (χ4n) is 1.19. The van der Waals surface area contributed by atoms with Gasteiger partial charge in [0.25, 0.3) is 5.56 Å². The summed E-state index contributed by atoms with van der Waals surface area (Å²) in [6.07, 6.45) is 1.44. The van der Waals surface area contributed by atoms with Gasteiger partial charge in [0.1, 0.15) is 0 Å². The number of fused-ring (bicyclic) bond motifs is 1. The monoisotopic (exact) mass is 175 g/mol. The van der Waals surface area contributed by atoms with Crippen molar-refractivity contribution in [1.82, 2.24) is 9.55 Å². The Morgan fingerprint density at radius 3 is 3.00 bits per heavy atom. The Labute approximate surface area is 74.1 Å². The number of aryl methyl sites for hydroxylation is 1. The zero-order chi connectivity index (χ0) is 9.42. The van der Waals surface area contributed by atoms with Crippen molar-refractivity contribution in [2.75, 3.05) is 0 Å². The van der Waals surface area contributed by atoms with Crippen molar-refractivity contribution in [3.05, 3.63) is 34.9 Å². The van der Waals surface area contributed by atoms with Crippen LogP contribution >= 0.6 is 0 Å². The zero-order valence-corrected chi connectivity index (χ0v) is 7.02. The van der Waals surface area contributed by atoms with E-state index < -0.39 is 0 Å². The summed E-state index contributed by atoms with van der Waals surface area (Å²) in [7, 11) is 1.60. The third-order valence-corrected chi connectivity index (χ3v) is 1.89. The smallest absolute Gasteiger partial charge is 0.260 e. The van der Waals surface area contributed by atoms with Gasteiger partial charge in [0.2, 0.25) is 0 Å². The van der Waals surface area contributed by atoms with Crippen molar-refractivity contribution >= 4 is 10.9 Å². The molecule has 66 valence electrons. The van der Waals surface area contributed by atoms with Crippen molar-refractivity contribution in [2.45, 2.75) is 0 Å². The molecule has 0 aliphatic rings. The van der Waals surface area contributed by atoms with Gasteiger partial charge < -0.3 is 9.67 Å². The summed E-state index contributed by atoms with van der Waals surface area (Å²) in [4.78, 5) is 15.5. The highest BCUT2D eigenvalue weighted by molar-refractivity contribution is 5.78. The van der Waals surface area contributed by atoms with E-state index in [9.17, 15) is 9.90 Å². The molecule has 0 fully saturated rings. The average molecular weight is 175 g/mol. The lowest BCUT2D eigenvalue weighted by molar-refractivity contribution is -0.268. The van der Waals surface area contributed by atoms with Gasteiger partial charge in [-0.1, -0.05) is 12.1 Å². The second-order valence-corrected chi connectivity index (χ2v) is 2.84. The van der Waals surface area contributed by atoms with Crippen LogP contribution < -0.4 is 10.7 Å². The van der Waals surface area contributed by atoms with Crippen LogP contribution in [-0.4, -0.2) is 9.55 Å². The Morgan fingerprint density at radius 2 is 2.23 bits per heavy atom. The largest absolute Gasteiger partial charge is 0.872 e. The molecule has 0 atom stereocenters. The molecule has 0 bridgehead atoms. The highest BCUT2D eigenvalue weighted by atomic mass is 16.3. The molecule has 0 saturated heterocycles. The number of aromatic nitrogens is 2. The number of rotatable bonds is 0. The van der Waals surface area contributed by atoms with Gasteiger partial charge in [-0.3, -0.25) is 4.79 Å². The maximum Gasteiger partial charge on any atom is 0.260 e. The lowest BCUT2D eigenvalue weighted by Gasteiger charge is -2.05. The van der Waals surface area contributed by atoms with E-state index in [1.54, 1.807) is 13.1 Å². The quantitative estimate of drug-likeness (QED) is 0.566. The zero-order valence-electron chi connectivity index (χ0n) is 7.02. The number of benzene rings is 1. The first-order valence-electron chi connectivity index (χ1n) is 3.81. The molecule has 0 amide bonds. The predicted molar refractivity (Wildman–Crippen MR) is 46.4 cm³/mol. The van der Waals surface area contributed by atoms with E-state index in [2.05, 4.69) is 4.98 Å². The van der Waals surface area contributed by atoms with E-state index in [1.807, 2.05) is 0 Å². The lowest BCUT2D eigenvalue weighted by Crippen LogP contribution is -2.16. The average Bonchev–Trinajstić information content (AvgIpc) is 2.12. The molecule has 0 aliphatic carbocycles. The van der Waals surface area contributed by atoms with Gasteiger partial charge in [-0.2, -0.15) is 0 Å². The van der Waals surface area contributed by atoms with Crippen LogP contribution in [0.2, 0.25) is 0 Å². The fraction of sp³-hybridized carbons (Fsp3) is 0.111. The Morgan fingerprint density at radius 1 is 1.46 bits per heavy atom. The minimum absolute atomic E-state index is 0.169. The molecular weight excluding hydrogens is 168 g/mol. The molecule has 1 heterocycles. The molecule has 0 unspecified atom stereocenters. The summed E-state index contributed by atoms with van der Waals surface area (Å²) in [5.41, 5.74) is 0.366. The summed E-state index contributed by atoms with van der Waals surface area (Å²) in [5, 5.41) is 11.3. The Bertz CT molecular complexity index is 511. The van der Waals surface area contributed by atoms with Crippen LogP contribution in [0, 0.1) is 0 Å². The first-order chi connectivity index (χ1) is 6.18. The molecule has 0 saturated carbocycles. The van der Waals surface area contributed by atoms with E-state index in [0.29, 0.717) is 10.9 Å². The fourth-order valence-corrected chi connectivity index (χ4v) is 1.19. The van der Waals surface area contributed by atoms with Crippen LogP contribution in [0.15, 0.2) is 29.3 Å². The molecule has 13 heavy (non-hydrogen) atoms. The lowest BCUT2D eigenvalue weighted by atomic mass is 10.2. The van der Waals surface area contributed by atoms with E-state index >= 15 is 0 Å². The minimum atomic E-state index is -0.192. The first-order valence-corrected chi connectivity index (χ1v) is 3.81. The number of hydrogen-bond donors (Lipinski definition) is 0. The van der Waals surface area contributed by atoms with Crippen LogP contribution in [0.3, 0.4) is 0 Å². The van der Waals surface area contributed by atoms with Crippen LogP contribution in [0.25, 0.3) is 10.9 Å². The van der Waals surface area contributed by atoms with E-state index in [1.165, 1.54) is 23.0 Å². The topological polar surface area (TPSA) is 57.9 Å². The standard InChI is InChI=1S/C9H8N2O2/c1-11-5-10-8-3-2-6(12)4-7(8)9(11)13/h2-5,12H,1H3/p-1. The van der Waals surface area contributed by atoms with E-state index in [4.69, 9.17) is 0 Å². The maximum absolute atomic E-state index is 11.5. The van der Waals surface area contributed by atoms with Crippen molar-refractivity contribution in [3.8, 4) is 5.75 Å². The molecular formula is C9H7N2O2-. The Hall–Kier alpha value is -1.84. The summed E-state index contributed by atoms with van der Waals surface area (Å²) in [6, 6.07) is 4.26. The van der Waals surface area contributed by atoms with Crippen molar-refractivity contribution in [3.63, 3.8) is 0 Å². The molecule has 4 heteroatoms. The van der Waals surface area contributed by atoms with Gasteiger partial charge in [-0.25, -0.2) is 4.98 Å². The molecule has 0 spiro atoms. The van der Waals surface area contributed by atoms with Gasteiger partial charge in [0, 0.05) is 7.05 Å². The van der Waals surface area contributed by atoms with Gasteiger partial charge >= 0.3 is 0 Å². The molecule has 0 aliphatic heterocycles. The molecule has 1 aromatic heterocycles. The van der Waals surface area contributed by atoms with Crippen LogP contribution in [0.4, 0.5) is 0 Å². The van der Waals surface area contributed by atoms with Gasteiger partial charge in [-0.15, -0.1) is 5.75 Å². The van der Waals surface area contributed by atoms with Crippen LogP contribution in [0.1, 0.15) is 0 Å². The highest BCUT2D eigenvalue weighted by Gasteiger charge is 1.99. The molecule has 2 aromatic rings. The second kappa shape index (κ2) is 2.58. The van der Waals surface area contributed by atoms with Gasteiger partial charge in [0.05, 0.1) is 17.2 Å². The van der Waals surface area contributed by atoms with Crippen LogP contribution in [-0.2, 0) is 7.05 Å². The highest BCUT2D eigenvalue weighted by Crippen LogP contribution is 2.11. The second-order valence-electron chi connectivity index (χ2n) is 2.84. The summed E-state index contributed by atoms with van der Waals surface area (Å²) >= 11 is 0. The molecule has 4 nitrogen and oxygen atoms in total. The van der Waals surface area contributed by atoms with E-state index in [-0.39, 0.29) is 11.3 Å². The predicted octanol–water partition coefficient (Wildman–Crippen LogP) is 0.00710. The number of nitrogens with zero attached hydrogens (tertiary/aromatic N) is 2. The summed E-state index contributed by atoms with van der Waals surface area (Å²) in [6.45, 7) is 0. The summed E-state index contributed by atoms with van der Waals surface area (Å²) < 4.78 is 1.35. The SMILES string of the molecule is Cn1cnc2ccc([O-])cc2c1=O. The van der Waals surface area contributed by atoms with Crippen molar-refractivity contribution in [1.29, 1.82) is 0 Å². The molecule has 2 rings (SSSR count). The van der Waals surface area contributed by atoms with Crippen LogP contribution in [0.5, 0.6) is 5.75 Å². The third-order valence-electron chi connectivity index (χ3n) is 1.89. The Balaban J connectivity index is 2.97. The Kier molecular flexibility index (Phi) is 1.55. The maximum atomic E-state index is 11.5. The first kappa shape index (κ1) is 7.79. The normalized spacial score (nSPS) is 10.5. The molecule has 0 radical (unpaired) electrons.